The molecular weight excluding hydrogens is 610 g/mol. The molecule has 0 saturated carbocycles. The second-order valence-corrected chi connectivity index (χ2v) is 13.9. The Morgan fingerprint density at radius 3 is 2.09 bits per heavy atom. The van der Waals surface area contributed by atoms with Gasteiger partial charge in [-0.25, -0.2) is 8.42 Å². The molecule has 1 N–H and O–H groups in total. The summed E-state index contributed by atoms with van der Waals surface area (Å²) in [5.74, 6) is -0.502. The molecule has 4 aromatic carbocycles. The van der Waals surface area contributed by atoms with Gasteiger partial charge in [-0.15, -0.1) is 0 Å². The molecule has 0 unspecified atom stereocenters. The van der Waals surface area contributed by atoms with Crippen LogP contribution < -0.4 is 14.4 Å². The SMILES string of the molecule is COc1cccc(N(CC(=O)N(Cc2cccc(Cl)c2)[C@H](Cc2ccccc2)C(=O)NC(C)(C)C)S(=O)(=O)c2ccccc2)c1. The quantitative estimate of drug-likeness (QED) is 0.201. The number of methoxy groups -OCH3 is 1. The number of amides is 2. The number of sulfonamides is 1. The number of halogens is 1. The molecule has 45 heavy (non-hydrogen) atoms. The lowest BCUT2D eigenvalue weighted by molar-refractivity contribution is -0.140. The molecule has 236 valence electrons. The van der Waals surface area contributed by atoms with E-state index in [1.807, 2.05) is 57.2 Å². The highest BCUT2D eigenvalue weighted by atomic mass is 35.5. The molecule has 0 aliphatic heterocycles. The van der Waals surface area contributed by atoms with Crippen LogP contribution in [-0.4, -0.2) is 50.4 Å². The van der Waals surface area contributed by atoms with E-state index in [0.717, 1.165) is 9.87 Å². The molecule has 0 bridgehead atoms. The Balaban J connectivity index is 1.83. The summed E-state index contributed by atoms with van der Waals surface area (Å²) in [7, 11) is -2.73. The number of rotatable bonds is 12. The fourth-order valence-electron chi connectivity index (χ4n) is 4.85. The number of carbonyl (C=O) groups is 2. The first-order chi connectivity index (χ1) is 21.4. The fraction of sp³-hybridized carbons (Fsp3) is 0.257. The van der Waals surface area contributed by atoms with Crippen molar-refractivity contribution in [3.05, 3.63) is 125 Å². The van der Waals surface area contributed by atoms with Gasteiger partial charge in [-0.2, -0.15) is 0 Å². The van der Waals surface area contributed by atoms with Crippen molar-refractivity contribution >= 4 is 39.1 Å². The first kappa shape index (κ1) is 33.6. The second kappa shape index (κ2) is 14.6. The maximum absolute atomic E-state index is 14.5. The Hall–Kier alpha value is -4.34. The maximum atomic E-state index is 14.5. The summed E-state index contributed by atoms with van der Waals surface area (Å²) in [6.07, 6.45) is 0.208. The summed E-state index contributed by atoms with van der Waals surface area (Å²) in [6.45, 7) is 5.05. The van der Waals surface area contributed by atoms with Gasteiger partial charge in [0.25, 0.3) is 10.0 Å². The highest BCUT2D eigenvalue weighted by Crippen LogP contribution is 2.28. The molecule has 1 atom stereocenters. The highest BCUT2D eigenvalue weighted by molar-refractivity contribution is 7.92. The molecule has 10 heteroatoms. The van der Waals surface area contributed by atoms with Crippen molar-refractivity contribution in [2.24, 2.45) is 0 Å². The van der Waals surface area contributed by atoms with Gasteiger partial charge in [0.1, 0.15) is 18.3 Å². The van der Waals surface area contributed by atoms with Crippen LogP contribution >= 0.6 is 11.6 Å². The van der Waals surface area contributed by atoms with Gasteiger partial charge in [-0.05, 0) is 68.3 Å². The number of hydrogen-bond acceptors (Lipinski definition) is 5. The van der Waals surface area contributed by atoms with E-state index in [2.05, 4.69) is 5.32 Å². The lowest BCUT2D eigenvalue weighted by Gasteiger charge is -2.35. The predicted octanol–water partition coefficient (Wildman–Crippen LogP) is 6.10. The first-order valence-corrected chi connectivity index (χ1v) is 16.3. The third-order valence-electron chi connectivity index (χ3n) is 6.96. The average molecular weight is 648 g/mol. The van der Waals surface area contributed by atoms with Gasteiger partial charge in [-0.1, -0.05) is 78.3 Å². The summed E-state index contributed by atoms with van der Waals surface area (Å²) < 4.78 is 34.6. The van der Waals surface area contributed by atoms with Crippen LogP contribution in [0.25, 0.3) is 0 Å². The van der Waals surface area contributed by atoms with Crippen molar-refractivity contribution in [2.45, 2.75) is 50.2 Å². The highest BCUT2D eigenvalue weighted by Gasteiger charge is 2.35. The van der Waals surface area contributed by atoms with Crippen LogP contribution in [0.3, 0.4) is 0 Å². The third-order valence-corrected chi connectivity index (χ3v) is 8.99. The van der Waals surface area contributed by atoms with Crippen molar-refractivity contribution in [3.8, 4) is 5.75 Å². The monoisotopic (exact) mass is 647 g/mol. The number of nitrogens with zero attached hydrogens (tertiary/aromatic N) is 2. The zero-order valence-corrected chi connectivity index (χ0v) is 27.4. The molecule has 4 aromatic rings. The van der Waals surface area contributed by atoms with E-state index < -0.39 is 34.1 Å². The van der Waals surface area contributed by atoms with Crippen molar-refractivity contribution in [3.63, 3.8) is 0 Å². The minimum atomic E-state index is -4.21. The minimum Gasteiger partial charge on any atom is -0.497 e. The summed E-state index contributed by atoms with van der Waals surface area (Å²) in [6, 6.07) is 29.9. The van der Waals surface area contributed by atoms with Crippen LogP contribution in [0.1, 0.15) is 31.9 Å². The van der Waals surface area contributed by atoms with E-state index in [4.69, 9.17) is 16.3 Å². The zero-order valence-electron chi connectivity index (χ0n) is 25.8. The fourth-order valence-corrected chi connectivity index (χ4v) is 6.49. The largest absolute Gasteiger partial charge is 0.497 e. The second-order valence-electron chi connectivity index (χ2n) is 11.6. The molecule has 0 aliphatic carbocycles. The van der Waals surface area contributed by atoms with E-state index in [9.17, 15) is 18.0 Å². The molecule has 0 aromatic heterocycles. The molecule has 0 aliphatic rings. The molecule has 8 nitrogen and oxygen atoms in total. The summed E-state index contributed by atoms with van der Waals surface area (Å²) in [5.41, 5.74) is 1.20. The van der Waals surface area contributed by atoms with Crippen molar-refractivity contribution in [1.29, 1.82) is 0 Å². The van der Waals surface area contributed by atoms with Crippen LogP contribution in [-0.2, 0) is 32.6 Å². The Bertz CT molecular complexity index is 1710. The van der Waals surface area contributed by atoms with Gasteiger partial charge in [-0.3, -0.25) is 13.9 Å². The van der Waals surface area contributed by atoms with Crippen LogP contribution in [0.2, 0.25) is 5.02 Å². The number of ether oxygens (including phenoxy) is 1. The van der Waals surface area contributed by atoms with Crippen molar-refractivity contribution in [2.75, 3.05) is 18.0 Å². The van der Waals surface area contributed by atoms with Gasteiger partial charge in [0.05, 0.1) is 17.7 Å². The van der Waals surface area contributed by atoms with Gasteiger partial charge < -0.3 is 15.0 Å². The molecular formula is C35H38ClN3O5S. The first-order valence-electron chi connectivity index (χ1n) is 14.5. The third kappa shape index (κ3) is 9.09. The number of carbonyl (C=O) groups excluding carboxylic acids is 2. The van der Waals surface area contributed by atoms with E-state index in [1.54, 1.807) is 60.7 Å². The summed E-state index contributed by atoms with van der Waals surface area (Å²) in [4.78, 5) is 29.9. The number of nitrogens with one attached hydrogen (secondary N) is 1. The average Bonchev–Trinajstić information content (AvgIpc) is 3.01. The van der Waals surface area contributed by atoms with E-state index in [1.165, 1.54) is 24.1 Å². The van der Waals surface area contributed by atoms with Gasteiger partial charge >= 0.3 is 0 Å². The van der Waals surface area contributed by atoms with Crippen LogP contribution in [0.5, 0.6) is 5.75 Å². The summed E-state index contributed by atoms with van der Waals surface area (Å²) in [5, 5.41) is 3.50. The van der Waals surface area contributed by atoms with Gasteiger partial charge in [0.2, 0.25) is 11.8 Å². The molecule has 0 radical (unpaired) electrons. The van der Waals surface area contributed by atoms with Gasteiger partial charge in [0.15, 0.2) is 0 Å². The maximum Gasteiger partial charge on any atom is 0.264 e. The molecule has 4 rings (SSSR count). The Morgan fingerprint density at radius 2 is 1.47 bits per heavy atom. The van der Waals surface area contributed by atoms with E-state index in [0.29, 0.717) is 16.3 Å². The van der Waals surface area contributed by atoms with Crippen LogP contribution in [0.4, 0.5) is 5.69 Å². The molecule has 0 heterocycles. The Labute approximate surface area is 270 Å². The van der Waals surface area contributed by atoms with Crippen molar-refractivity contribution in [1.82, 2.24) is 10.2 Å². The van der Waals surface area contributed by atoms with E-state index >= 15 is 0 Å². The lowest BCUT2D eigenvalue weighted by Crippen LogP contribution is -2.56. The zero-order chi connectivity index (χ0) is 32.6. The number of benzene rings is 4. The smallest absolute Gasteiger partial charge is 0.264 e. The summed E-state index contributed by atoms with van der Waals surface area (Å²) >= 11 is 6.31. The van der Waals surface area contributed by atoms with Crippen LogP contribution in [0, 0.1) is 0 Å². The number of hydrogen-bond donors (Lipinski definition) is 1. The Kier molecular flexibility index (Phi) is 10.9. The standard InChI is InChI=1S/C35H38ClN3O5S/c1-35(2,3)37-34(41)32(22-26-13-7-5-8-14-26)38(24-27-15-11-16-28(36)21-27)33(40)25-39(29-17-12-18-30(23-29)44-4)45(42,43)31-19-9-6-10-20-31/h5-21,23,32H,22,24-25H2,1-4H3,(H,37,41)/t32-/m1/s1. The van der Waals surface area contributed by atoms with Crippen LogP contribution in [0.15, 0.2) is 114 Å². The number of anilines is 1. The lowest BCUT2D eigenvalue weighted by atomic mass is 10.0. The predicted molar refractivity (Wildman–Crippen MR) is 178 cm³/mol. The normalized spacial score (nSPS) is 12.2. The Morgan fingerprint density at radius 1 is 0.844 bits per heavy atom. The topological polar surface area (TPSA) is 96.0 Å². The molecule has 0 spiro atoms. The van der Waals surface area contributed by atoms with Crippen molar-refractivity contribution < 1.29 is 22.7 Å². The molecule has 2 amide bonds. The molecule has 0 fully saturated rings. The van der Waals surface area contributed by atoms with E-state index in [-0.39, 0.29) is 29.5 Å². The molecule has 0 saturated heterocycles. The minimum absolute atomic E-state index is 0.0196. The van der Waals surface area contributed by atoms with Gasteiger partial charge in [0, 0.05) is 29.6 Å².